The van der Waals surface area contributed by atoms with Crippen LogP contribution in [0.3, 0.4) is 0 Å². The van der Waals surface area contributed by atoms with Crippen molar-refractivity contribution in [3.8, 4) is 0 Å². The van der Waals surface area contributed by atoms with E-state index < -0.39 is 25.1 Å². The number of carbonyl (C=O) groups is 1. The van der Waals surface area contributed by atoms with E-state index in [-0.39, 0.29) is 0 Å². The molecule has 0 heterocycles. The predicted octanol–water partition coefficient (Wildman–Crippen LogP) is -0.335. The van der Waals surface area contributed by atoms with Crippen molar-refractivity contribution in [2.24, 2.45) is 0 Å². The van der Waals surface area contributed by atoms with Crippen molar-refractivity contribution in [2.45, 2.75) is 0 Å². The fourth-order valence-corrected chi connectivity index (χ4v) is 0. The van der Waals surface area contributed by atoms with E-state index in [4.69, 9.17) is 16.6 Å². The standard InChI is InChI=1S/C2H3O2.2O.Ti/c1-2(3)4;;;/h1H2,(H,3,4);;;. The molecule has 0 saturated carbocycles. The molecule has 39 valence electrons. The predicted molar refractivity (Wildman–Crippen MR) is 14.4 cm³/mol. The first kappa shape index (κ1) is 9.92. The second-order valence-electron chi connectivity index (χ2n) is 0.477. The summed E-state index contributed by atoms with van der Waals surface area (Å²) in [5.74, 6) is -1.08. The van der Waals surface area contributed by atoms with Crippen LogP contribution in [0.25, 0.3) is 0 Å². The molecule has 0 aromatic carbocycles. The first-order chi connectivity index (χ1) is 3.15. The molecule has 0 bridgehead atoms. The first-order valence-electron chi connectivity index (χ1n) is 1.19. The Morgan fingerprint density at radius 2 is 1.57 bits per heavy atom. The molecule has 4 nitrogen and oxygen atoms in total. The van der Waals surface area contributed by atoms with Gasteiger partial charge in [0.25, 0.3) is 0 Å². The van der Waals surface area contributed by atoms with Gasteiger partial charge in [0.15, 0.2) is 0 Å². The van der Waals surface area contributed by atoms with E-state index in [1.807, 2.05) is 0 Å². The molecule has 0 amide bonds. The summed E-state index contributed by atoms with van der Waals surface area (Å²) in [4.78, 5) is 8.89. The molecule has 0 aromatic rings. The molecule has 0 rings (SSSR count). The molecule has 0 atom stereocenters. The van der Waals surface area contributed by atoms with Gasteiger partial charge in [0.1, 0.15) is 0 Å². The number of rotatable bonds is 0. The van der Waals surface area contributed by atoms with Crippen molar-refractivity contribution in [3.05, 3.63) is 6.92 Å². The Morgan fingerprint density at radius 3 is 1.57 bits per heavy atom. The monoisotopic (exact) mass is 139 g/mol. The summed E-state index contributed by atoms with van der Waals surface area (Å²) in [6.45, 7) is 2.56. The van der Waals surface area contributed by atoms with E-state index in [0.29, 0.717) is 0 Å². The average Bonchev–Trinajstić information content (AvgIpc) is 1.33. The molecule has 0 aromatic heterocycles. The number of carboxylic acids is 1. The molecule has 0 saturated heterocycles. The van der Waals surface area contributed by atoms with E-state index in [0.717, 1.165) is 0 Å². The van der Waals surface area contributed by atoms with E-state index in [1.54, 1.807) is 0 Å². The summed E-state index contributed by atoms with van der Waals surface area (Å²) in [7, 11) is 0. The molecular weight excluding hydrogens is 136 g/mol. The van der Waals surface area contributed by atoms with Gasteiger partial charge in [-0.05, 0) is 0 Å². The summed E-state index contributed by atoms with van der Waals surface area (Å²) in [5.41, 5.74) is 0. The second kappa shape index (κ2) is 9.25. The Hall–Kier alpha value is -0.216. The number of aliphatic carboxylic acids is 1. The molecule has 0 spiro atoms. The maximum atomic E-state index is 8.89. The third-order valence-electron chi connectivity index (χ3n) is 0. The Bertz CT molecular complexity index is 77.7. The van der Waals surface area contributed by atoms with E-state index >= 15 is 0 Å². The summed E-state index contributed by atoms with van der Waals surface area (Å²) < 4.78 is 17.0. The third kappa shape index (κ3) is 1780. The Kier molecular flexibility index (Phi) is 13.1. The maximum absolute atomic E-state index is 8.89. The summed E-state index contributed by atoms with van der Waals surface area (Å²) in [6, 6.07) is 0. The zero-order valence-electron chi connectivity index (χ0n) is 3.38. The van der Waals surface area contributed by atoms with Gasteiger partial charge in [-0.1, -0.05) is 0 Å². The topological polar surface area (TPSA) is 71.4 Å². The molecule has 0 unspecified atom stereocenters. The van der Waals surface area contributed by atoms with Crippen LogP contribution in [0, 0.1) is 6.92 Å². The Morgan fingerprint density at radius 1 is 1.57 bits per heavy atom. The van der Waals surface area contributed by atoms with Gasteiger partial charge >= 0.3 is 31.7 Å². The molecule has 7 heavy (non-hydrogen) atoms. The fourth-order valence-electron chi connectivity index (χ4n) is 0. The molecule has 5 heteroatoms. The van der Waals surface area contributed by atoms with Crippen LogP contribution < -0.4 is 0 Å². The Labute approximate surface area is 49.1 Å². The molecule has 0 fully saturated rings. The van der Waals surface area contributed by atoms with E-state index in [1.165, 1.54) is 0 Å². The van der Waals surface area contributed by atoms with Crippen LogP contribution in [0.4, 0.5) is 0 Å². The number of hydrogen-bond acceptors (Lipinski definition) is 3. The quantitative estimate of drug-likeness (QED) is 0.466. The first-order valence-corrected chi connectivity index (χ1v) is 2.46. The van der Waals surface area contributed by atoms with Gasteiger partial charge in [-0.25, -0.2) is 0 Å². The molecule has 1 N–H and O–H groups in total. The fraction of sp³-hybridized carbons (Fsp3) is 0. The SMILES string of the molecule is [CH2]C(=O)O.[O]=[Ti]=[O]. The van der Waals surface area contributed by atoms with Gasteiger partial charge < -0.3 is 5.11 Å². The van der Waals surface area contributed by atoms with Crippen LogP contribution in [0.15, 0.2) is 0 Å². The summed E-state index contributed by atoms with van der Waals surface area (Å²) in [6.07, 6.45) is 0. The van der Waals surface area contributed by atoms with Gasteiger partial charge in [0, 0.05) is 0 Å². The minimum atomic E-state index is -2.00. The van der Waals surface area contributed by atoms with E-state index in [9.17, 15) is 0 Å². The van der Waals surface area contributed by atoms with Crippen LogP contribution in [-0.4, -0.2) is 11.1 Å². The van der Waals surface area contributed by atoms with Crippen LogP contribution in [0.1, 0.15) is 0 Å². The Balaban J connectivity index is 0. The van der Waals surface area contributed by atoms with Crippen LogP contribution >= 0.6 is 0 Å². The second-order valence-corrected chi connectivity index (χ2v) is 0.737. The van der Waals surface area contributed by atoms with E-state index in [2.05, 4.69) is 6.92 Å². The molecule has 1 radical (unpaired) electrons. The molecule has 0 aliphatic rings. The summed E-state index contributed by atoms with van der Waals surface area (Å²) >= 11 is -2.00. The molecule has 0 aliphatic heterocycles. The van der Waals surface area contributed by atoms with Gasteiger partial charge in [0.05, 0.1) is 6.92 Å². The normalized spacial score (nSPS) is 4.71. The van der Waals surface area contributed by atoms with Gasteiger partial charge in [0.2, 0.25) is 0 Å². The van der Waals surface area contributed by atoms with Crippen LogP contribution in [0.2, 0.25) is 0 Å². The zero-order chi connectivity index (χ0) is 6.28. The molecule has 0 aliphatic carbocycles. The van der Waals surface area contributed by atoms with Crippen molar-refractivity contribution in [1.82, 2.24) is 0 Å². The van der Waals surface area contributed by atoms with Crippen LogP contribution in [0.5, 0.6) is 0 Å². The van der Waals surface area contributed by atoms with Crippen LogP contribution in [-0.2, 0) is 30.5 Å². The minimum absolute atomic E-state index is 1.08. The number of carboxylic acid groups (broad SMARTS) is 1. The van der Waals surface area contributed by atoms with Crippen molar-refractivity contribution < 1.29 is 35.6 Å². The van der Waals surface area contributed by atoms with Crippen molar-refractivity contribution >= 4 is 5.97 Å². The molecular formula is C2H3O4Ti. The third-order valence-corrected chi connectivity index (χ3v) is 0. The summed E-state index contributed by atoms with van der Waals surface area (Å²) in [5, 5.41) is 7.31. The van der Waals surface area contributed by atoms with Gasteiger partial charge in [-0.3, -0.25) is 4.79 Å². The average molecular weight is 139 g/mol. The van der Waals surface area contributed by atoms with Gasteiger partial charge in [-0.15, -0.1) is 0 Å². The van der Waals surface area contributed by atoms with Crippen molar-refractivity contribution in [2.75, 3.05) is 0 Å². The van der Waals surface area contributed by atoms with Crippen molar-refractivity contribution in [3.63, 3.8) is 0 Å². The van der Waals surface area contributed by atoms with Crippen molar-refractivity contribution in [1.29, 1.82) is 0 Å². The number of hydrogen-bond donors (Lipinski definition) is 1. The zero-order valence-corrected chi connectivity index (χ0v) is 4.94. The van der Waals surface area contributed by atoms with Gasteiger partial charge in [-0.2, -0.15) is 0 Å².